The number of aryl methyl sites for hydroxylation is 1. The highest BCUT2D eigenvalue weighted by atomic mass is 16.2. The van der Waals surface area contributed by atoms with Crippen LogP contribution in [-0.4, -0.2) is 31.2 Å². The van der Waals surface area contributed by atoms with E-state index in [-0.39, 0.29) is 36.0 Å². The molecule has 0 aliphatic carbocycles. The lowest BCUT2D eigenvalue weighted by molar-refractivity contribution is 0.0949. The number of nitrogens with zero attached hydrogens (tertiary/aromatic N) is 4. The van der Waals surface area contributed by atoms with Gasteiger partial charge < -0.3 is 5.32 Å². The van der Waals surface area contributed by atoms with Crippen LogP contribution in [0, 0.1) is 12.8 Å². The summed E-state index contributed by atoms with van der Waals surface area (Å²) in [4.78, 5) is 40.2. The zero-order chi connectivity index (χ0) is 26.1. The van der Waals surface area contributed by atoms with Crippen molar-refractivity contribution in [3.05, 3.63) is 116 Å². The summed E-state index contributed by atoms with van der Waals surface area (Å²) in [5.74, 6) is 0.279. The van der Waals surface area contributed by atoms with Gasteiger partial charge in [0.15, 0.2) is 0 Å². The molecule has 5 rings (SSSR count). The minimum absolute atomic E-state index is 0.236. The van der Waals surface area contributed by atoms with E-state index >= 15 is 0 Å². The van der Waals surface area contributed by atoms with Gasteiger partial charge in [0.2, 0.25) is 5.78 Å². The van der Waals surface area contributed by atoms with Crippen LogP contribution < -0.4 is 16.6 Å². The van der Waals surface area contributed by atoms with Gasteiger partial charge in [0.05, 0.1) is 24.0 Å². The molecule has 5 aromatic rings. The molecule has 8 heteroatoms. The minimum Gasteiger partial charge on any atom is -0.352 e. The van der Waals surface area contributed by atoms with Crippen molar-refractivity contribution in [2.24, 2.45) is 5.92 Å². The number of amides is 1. The van der Waals surface area contributed by atoms with E-state index in [0.717, 1.165) is 16.7 Å². The highest BCUT2D eigenvalue weighted by molar-refractivity contribution is 5.98. The molecule has 0 saturated heterocycles. The van der Waals surface area contributed by atoms with Crippen molar-refractivity contribution in [1.82, 2.24) is 24.1 Å². The molecule has 0 aliphatic rings. The van der Waals surface area contributed by atoms with E-state index in [1.165, 1.54) is 13.6 Å². The Morgan fingerprint density at radius 3 is 2.41 bits per heavy atom. The van der Waals surface area contributed by atoms with Gasteiger partial charge in [-0.1, -0.05) is 68.4 Å². The van der Waals surface area contributed by atoms with Gasteiger partial charge in [-0.15, -0.1) is 5.10 Å². The van der Waals surface area contributed by atoms with Crippen LogP contribution >= 0.6 is 0 Å². The van der Waals surface area contributed by atoms with E-state index < -0.39 is 0 Å². The molecule has 3 aromatic carbocycles. The smallest absolute Gasteiger partial charge is 0.352 e. The second-order valence-corrected chi connectivity index (χ2v) is 9.71. The normalized spacial score (nSPS) is 11.5. The largest absolute Gasteiger partial charge is 0.352 e. The number of rotatable bonds is 7. The highest BCUT2D eigenvalue weighted by Gasteiger charge is 2.20. The van der Waals surface area contributed by atoms with Crippen LogP contribution in [0.4, 0.5) is 0 Å². The number of nitrogens with one attached hydrogen (secondary N) is 1. The highest BCUT2D eigenvalue weighted by Crippen LogP contribution is 2.16. The summed E-state index contributed by atoms with van der Waals surface area (Å²) in [5, 5.41) is 7.87. The Bertz CT molecular complexity index is 1730. The zero-order valence-electron chi connectivity index (χ0n) is 21.1. The van der Waals surface area contributed by atoms with E-state index in [4.69, 9.17) is 0 Å². The van der Waals surface area contributed by atoms with Crippen LogP contribution in [0.1, 0.15) is 40.9 Å². The molecule has 0 spiro atoms. The Kier molecular flexibility index (Phi) is 6.48. The molecule has 2 aromatic heterocycles. The maximum absolute atomic E-state index is 13.7. The number of fused-ring (bicyclic) bond motifs is 3. The molecule has 0 unspecified atom stereocenters. The lowest BCUT2D eigenvalue weighted by Crippen LogP contribution is -2.29. The van der Waals surface area contributed by atoms with E-state index in [2.05, 4.69) is 10.4 Å². The van der Waals surface area contributed by atoms with Crippen molar-refractivity contribution in [2.45, 2.75) is 33.9 Å². The third-order valence-corrected chi connectivity index (χ3v) is 6.48. The molecule has 1 N–H and O–H groups in total. The Morgan fingerprint density at radius 1 is 0.946 bits per heavy atom. The third-order valence-electron chi connectivity index (χ3n) is 6.48. The van der Waals surface area contributed by atoms with Crippen LogP contribution in [0.15, 0.2) is 82.4 Å². The van der Waals surface area contributed by atoms with Crippen LogP contribution in [0.5, 0.6) is 0 Å². The van der Waals surface area contributed by atoms with Crippen molar-refractivity contribution in [2.75, 3.05) is 6.54 Å². The SMILES string of the molecule is Cc1ccccc1Cn1nc2n(Cc3ccccc3)c(=O)c3ccc(C(=O)NCC(C)C)cc3n2c1=O. The molecule has 188 valence electrons. The van der Waals surface area contributed by atoms with Gasteiger partial charge in [0.1, 0.15) is 0 Å². The molecule has 1 amide bonds. The maximum atomic E-state index is 13.7. The number of carbonyl (C=O) groups excluding carboxylic acids is 1. The fraction of sp³-hybridized carbons (Fsp3) is 0.241. The summed E-state index contributed by atoms with van der Waals surface area (Å²) in [7, 11) is 0. The lowest BCUT2D eigenvalue weighted by atomic mass is 10.1. The monoisotopic (exact) mass is 495 g/mol. The van der Waals surface area contributed by atoms with Crippen LogP contribution in [-0.2, 0) is 13.1 Å². The van der Waals surface area contributed by atoms with E-state index in [0.29, 0.717) is 28.9 Å². The minimum atomic E-state index is -0.371. The quantitative estimate of drug-likeness (QED) is 0.374. The number of hydrogen-bond donors (Lipinski definition) is 1. The van der Waals surface area contributed by atoms with Crippen molar-refractivity contribution in [3.8, 4) is 0 Å². The van der Waals surface area contributed by atoms with Crippen molar-refractivity contribution in [1.29, 1.82) is 0 Å². The van der Waals surface area contributed by atoms with Gasteiger partial charge in [-0.3, -0.25) is 14.2 Å². The lowest BCUT2D eigenvalue weighted by Gasteiger charge is -2.11. The first-order valence-corrected chi connectivity index (χ1v) is 12.4. The van der Waals surface area contributed by atoms with Crippen LogP contribution in [0.3, 0.4) is 0 Å². The van der Waals surface area contributed by atoms with Gasteiger partial charge in [-0.2, -0.15) is 0 Å². The Balaban J connectivity index is 1.73. The summed E-state index contributed by atoms with van der Waals surface area (Å²) < 4.78 is 4.34. The third kappa shape index (κ3) is 4.70. The Labute approximate surface area is 213 Å². The fourth-order valence-electron chi connectivity index (χ4n) is 4.42. The van der Waals surface area contributed by atoms with E-state index in [1.54, 1.807) is 18.2 Å². The first kappa shape index (κ1) is 24.2. The standard InChI is InChI=1S/C29H29N5O3/c1-19(2)16-30-26(35)22-13-14-24-25(15-22)34-28(32(27(24)36)17-21-10-5-4-6-11-21)31-33(29(34)37)18-23-12-8-7-9-20(23)3/h4-15,19H,16-18H2,1-3H3,(H,30,35). The van der Waals surface area contributed by atoms with Gasteiger partial charge in [0, 0.05) is 12.1 Å². The molecule has 0 bridgehead atoms. The van der Waals surface area contributed by atoms with E-state index in [9.17, 15) is 14.4 Å². The molecular formula is C29H29N5O3. The van der Waals surface area contributed by atoms with Gasteiger partial charge >= 0.3 is 5.69 Å². The Morgan fingerprint density at radius 2 is 1.68 bits per heavy atom. The molecule has 8 nitrogen and oxygen atoms in total. The summed E-state index contributed by atoms with van der Waals surface area (Å²) in [5.41, 5.74) is 3.02. The average Bonchev–Trinajstić information content (AvgIpc) is 3.22. The molecule has 0 fully saturated rings. The molecule has 37 heavy (non-hydrogen) atoms. The molecule has 0 saturated carbocycles. The zero-order valence-corrected chi connectivity index (χ0v) is 21.1. The second-order valence-electron chi connectivity index (χ2n) is 9.71. The maximum Gasteiger partial charge on any atom is 0.352 e. The molecule has 0 radical (unpaired) electrons. The van der Waals surface area contributed by atoms with Crippen LogP contribution in [0.25, 0.3) is 16.7 Å². The van der Waals surface area contributed by atoms with Gasteiger partial charge in [-0.05, 0) is 47.7 Å². The van der Waals surface area contributed by atoms with Crippen molar-refractivity contribution in [3.63, 3.8) is 0 Å². The summed E-state index contributed by atoms with van der Waals surface area (Å²) in [6, 6.07) is 22.2. The number of benzene rings is 3. The molecule has 2 heterocycles. The second kappa shape index (κ2) is 9.89. The number of hydrogen-bond acceptors (Lipinski definition) is 4. The summed E-state index contributed by atoms with van der Waals surface area (Å²) in [6.45, 7) is 7.07. The van der Waals surface area contributed by atoms with Crippen LogP contribution in [0.2, 0.25) is 0 Å². The molecule has 0 atom stereocenters. The number of aromatic nitrogens is 4. The topological polar surface area (TPSA) is 90.4 Å². The molecule has 0 aliphatic heterocycles. The fourth-order valence-corrected chi connectivity index (χ4v) is 4.42. The van der Waals surface area contributed by atoms with Gasteiger partial charge in [-0.25, -0.2) is 13.9 Å². The Hall–Kier alpha value is -4.46. The van der Waals surface area contributed by atoms with E-state index in [1.807, 2.05) is 75.4 Å². The summed E-state index contributed by atoms with van der Waals surface area (Å²) in [6.07, 6.45) is 0. The predicted octanol–water partition coefficient (Wildman–Crippen LogP) is 3.60. The first-order chi connectivity index (χ1) is 17.8. The average molecular weight is 496 g/mol. The van der Waals surface area contributed by atoms with Gasteiger partial charge in [0.25, 0.3) is 11.5 Å². The first-order valence-electron chi connectivity index (χ1n) is 12.4. The predicted molar refractivity (Wildman–Crippen MR) is 144 cm³/mol. The van der Waals surface area contributed by atoms with Crippen molar-refractivity contribution < 1.29 is 4.79 Å². The van der Waals surface area contributed by atoms with Crippen molar-refractivity contribution >= 4 is 22.6 Å². The summed E-state index contributed by atoms with van der Waals surface area (Å²) >= 11 is 0. The number of carbonyl (C=O) groups is 1. The molecular weight excluding hydrogens is 466 g/mol.